The van der Waals surface area contributed by atoms with Crippen molar-refractivity contribution in [3.63, 3.8) is 0 Å². The molecule has 5 nitrogen and oxygen atoms in total. The molecule has 1 aromatic carbocycles. The Morgan fingerprint density at radius 3 is 2.57 bits per heavy atom. The molecule has 1 atom stereocenters. The van der Waals surface area contributed by atoms with Gasteiger partial charge in [0.05, 0.1) is 5.54 Å². The monoisotopic (exact) mass is 309 g/mol. The molecule has 1 heterocycles. The first-order chi connectivity index (χ1) is 9.67. The Labute approximate surface area is 130 Å². The van der Waals surface area contributed by atoms with Gasteiger partial charge in [0, 0.05) is 0 Å². The molecule has 2 aromatic rings. The van der Waals surface area contributed by atoms with E-state index >= 15 is 0 Å². The highest BCUT2D eigenvalue weighted by molar-refractivity contribution is 5.85. The van der Waals surface area contributed by atoms with Crippen molar-refractivity contribution in [2.24, 2.45) is 5.73 Å². The Morgan fingerprint density at radius 1 is 1.24 bits per heavy atom. The second-order valence-corrected chi connectivity index (χ2v) is 5.39. The van der Waals surface area contributed by atoms with E-state index in [1.165, 1.54) is 0 Å². The minimum absolute atomic E-state index is 0. The smallest absolute Gasteiger partial charge is 0.267 e. The summed E-state index contributed by atoms with van der Waals surface area (Å²) < 4.78 is 11.1. The van der Waals surface area contributed by atoms with Crippen LogP contribution >= 0.6 is 12.4 Å². The lowest BCUT2D eigenvalue weighted by atomic mass is 9.99. The first kappa shape index (κ1) is 15.8. The van der Waals surface area contributed by atoms with E-state index in [4.69, 9.17) is 15.0 Å². The Kier molecular flexibility index (Phi) is 4.85. The normalized spacial score (nSPS) is 18.0. The molecule has 0 amide bonds. The first-order valence-electron chi connectivity index (χ1n) is 7.02. The van der Waals surface area contributed by atoms with Gasteiger partial charge < -0.3 is 15.0 Å². The number of nitrogens with two attached hydrogens (primary N) is 1. The number of aromatic nitrogens is 2. The van der Waals surface area contributed by atoms with Gasteiger partial charge >= 0.3 is 0 Å². The molecule has 114 valence electrons. The number of ether oxygens (including phenoxy) is 1. The maximum absolute atomic E-state index is 6.32. The standard InChI is InChI=1S/C15H19N3O2.ClH/c1-11(19-12-7-3-2-4-8-12)13-17-14(18-20-13)15(16)9-5-6-10-15;/h2-4,7-8,11H,5-6,9-10,16H2,1H3;1H. The van der Waals surface area contributed by atoms with E-state index in [2.05, 4.69) is 10.1 Å². The fourth-order valence-electron chi connectivity index (χ4n) is 2.59. The minimum atomic E-state index is -0.422. The summed E-state index contributed by atoms with van der Waals surface area (Å²) in [7, 11) is 0. The highest BCUT2D eigenvalue weighted by Gasteiger charge is 2.36. The summed E-state index contributed by atoms with van der Waals surface area (Å²) in [6.45, 7) is 1.89. The molecule has 0 aliphatic heterocycles. The molecule has 1 aliphatic carbocycles. The second kappa shape index (κ2) is 6.45. The predicted octanol–water partition coefficient (Wildman–Crippen LogP) is 3.36. The molecule has 6 heteroatoms. The summed E-state index contributed by atoms with van der Waals surface area (Å²) >= 11 is 0. The van der Waals surface area contributed by atoms with E-state index in [0.717, 1.165) is 31.4 Å². The molecule has 0 radical (unpaired) electrons. The van der Waals surface area contributed by atoms with Gasteiger partial charge in [0.15, 0.2) is 11.9 Å². The first-order valence-corrected chi connectivity index (χ1v) is 7.02. The van der Waals surface area contributed by atoms with Crippen LogP contribution in [0.1, 0.15) is 50.4 Å². The van der Waals surface area contributed by atoms with Gasteiger partial charge in [-0.25, -0.2) is 0 Å². The molecule has 1 aromatic heterocycles. The largest absolute Gasteiger partial charge is 0.481 e. The molecule has 3 rings (SSSR count). The molecular weight excluding hydrogens is 290 g/mol. The van der Waals surface area contributed by atoms with E-state index in [1.54, 1.807) is 0 Å². The third kappa shape index (κ3) is 3.36. The second-order valence-electron chi connectivity index (χ2n) is 5.39. The van der Waals surface area contributed by atoms with Gasteiger partial charge in [-0.2, -0.15) is 4.98 Å². The van der Waals surface area contributed by atoms with Crippen LogP contribution in [0.4, 0.5) is 0 Å². The zero-order valence-electron chi connectivity index (χ0n) is 12.0. The lowest BCUT2D eigenvalue weighted by molar-refractivity contribution is 0.175. The van der Waals surface area contributed by atoms with Gasteiger partial charge in [-0.3, -0.25) is 0 Å². The van der Waals surface area contributed by atoms with Crippen LogP contribution in [0.5, 0.6) is 5.75 Å². The quantitative estimate of drug-likeness (QED) is 0.937. The van der Waals surface area contributed by atoms with E-state index in [1.807, 2.05) is 37.3 Å². The van der Waals surface area contributed by atoms with Gasteiger partial charge in [-0.15, -0.1) is 12.4 Å². The molecule has 2 N–H and O–H groups in total. The SMILES string of the molecule is CC(Oc1ccccc1)c1nc(C2(N)CCCC2)no1.Cl. The summed E-state index contributed by atoms with van der Waals surface area (Å²) in [5.74, 6) is 1.86. The number of halogens is 1. The van der Waals surface area contributed by atoms with Crippen molar-refractivity contribution >= 4 is 12.4 Å². The van der Waals surface area contributed by atoms with Gasteiger partial charge in [-0.05, 0) is 31.9 Å². The van der Waals surface area contributed by atoms with Crippen LogP contribution < -0.4 is 10.5 Å². The topological polar surface area (TPSA) is 74.2 Å². The minimum Gasteiger partial charge on any atom is -0.481 e. The predicted molar refractivity (Wildman–Crippen MR) is 81.4 cm³/mol. The number of hydrogen-bond acceptors (Lipinski definition) is 5. The lowest BCUT2D eigenvalue weighted by Gasteiger charge is -2.17. The molecule has 1 saturated carbocycles. The summed E-state index contributed by atoms with van der Waals surface area (Å²) in [4.78, 5) is 4.43. The third-order valence-corrected chi connectivity index (χ3v) is 3.79. The molecule has 1 aliphatic rings. The molecule has 1 unspecified atom stereocenters. The fraction of sp³-hybridized carbons (Fsp3) is 0.467. The summed E-state index contributed by atoms with van der Waals surface area (Å²) in [6.07, 6.45) is 3.79. The molecule has 0 spiro atoms. The van der Waals surface area contributed by atoms with Crippen molar-refractivity contribution in [3.8, 4) is 5.75 Å². The van der Waals surface area contributed by atoms with E-state index in [-0.39, 0.29) is 18.5 Å². The number of rotatable bonds is 4. The number of para-hydroxylation sites is 1. The van der Waals surface area contributed by atoms with Crippen LogP contribution in [0, 0.1) is 0 Å². The van der Waals surface area contributed by atoms with E-state index in [0.29, 0.717) is 11.7 Å². The summed E-state index contributed by atoms with van der Waals surface area (Å²) in [5.41, 5.74) is 5.90. The average molecular weight is 310 g/mol. The van der Waals surface area contributed by atoms with Crippen molar-refractivity contribution in [3.05, 3.63) is 42.0 Å². The van der Waals surface area contributed by atoms with Crippen LogP contribution in [-0.2, 0) is 5.54 Å². The number of hydrogen-bond donors (Lipinski definition) is 1. The molecular formula is C15H20ClN3O2. The summed E-state index contributed by atoms with van der Waals surface area (Å²) in [6, 6.07) is 9.59. The van der Waals surface area contributed by atoms with Gasteiger partial charge in [-0.1, -0.05) is 36.2 Å². The molecule has 1 fully saturated rings. The van der Waals surface area contributed by atoms with Crippen LogP contribution in [0.2, 0.25) is 0 Å². The van der Waals surface area contributed by atoms with E-state index < -0.39 is 5.54 Å². The number of benzene rings is 1. The molecule has 0 saturated heterocycles. The highest BCUT2D eigenvalue weighted by Crippen LogP contribution is 2.35. The lowest BCUT2D eigenvalue weighted by Crippen LogP contribution is -2.34. The Balaban J connectivity index is 0.00000161. The molecule has 21 heavy (non-hydrogen) atoms. The Morgan fingerprint density at radius 2 is 1.90 bits per heavy atom. The van der Waals surface area contributed by atoms with Crippen LogP contribution in [0.3, 0.4) is 0 Å². The maximum Gasteiger partial charge on any atom is 0.267 e. The van der Waals surface area contributed by atoms with Gasteiger partial charge in [0.25, 0.3) is 5.89 Å². The Hall–Kier alpha value is -1.59. The maximum atomic E-state index is 6.32. The van der Waals surface area contributed by atoms with Crippen molar-refractivity contribution in [1.82, 2.24) is 10.1 Å². The molecule has 0 bridgehead atoms. The van der Waals surface area contributed by atoms with Gasteiger partial charge in [0.1, 0.15) is 5.75 Å². The van der Waals surface area contributed by atoms with Crippen molar-refractivity contribution < 1.29 is 9.26 Å². The van der Waals surface area contributed by atoms with Crippen LogP contribution in [0.15, 0.2) is 34.9 Å². The Bertz CT molecular complexity index is 567. The van der Waals surface area contributed by atoms with Crippen molar-refractivity contribution in [2.75, 3.05) is 0 Å². The third-order valence-electron chi connectivity index (χ3n) is 3.79. The average Bonchev–Trinajstić information content (AvgIpc) is 3.09. The van der Waals surface area contributed by atoms with Gasteiger partial charge in [0.2, 0.25) is 0 Å². The zero-order chi connectivity index (χ0) is 14.0. The van der Waals surface area contributed by atoms with Crippen LogP contribution in [-0.4, -0.2) is 10.1 Å². The zero-order valence-corrected chi connectivity index (χ0v) is 12.8. The number of nitrogens with zero attached hydrogens (tertiary/aromatic N) is 2. The summed E-state index contributed by atoms with van der Waals surface area (Å²) in [5, 5.41) is 4.04. The van der Waals surface area contributed by atoms with E-state index in [9.17, 15) is 0 Å². The van der Waals surface area contributed by atoms with Crippen molar-refractivity contribution in [2.45, 2.75) is 44.2 Å². The highest BCUT2D eigenvalue weighted by atomic mass is 35.5. The fourth-order valence-corrected chi connectivity index (χ4v) is 2.59. The van der Waals surface area contributed by atoms with Crippen LogP contribution in [0.25, 0.3) is 0 Å². The van der Waals surface area contributed by atoms with Crippen molar-refractivity contribution in [1.29, 1.82) is 0 Å².